The van der Waals surface area contributed by atoms with Crippen LogP contribution in [-0.2, 0) is 0 Å². The fourth-order valence-electron chi connectivity index (χ4n) is 1.19. The maximum absolute atomic E-state index is 4.38. The average molecular weight is 181 g/mol. The van der Waals surface area contributed by atoms with Crippen LogP contribution in [0.3, 0.4) is 0 Å². The summed E-state index contributed by atoms with van der Waals surface area (Å²) in [6.07, 6.45) is 6.85. The summed E-state index contributed by atoms with van der Waals surface area (Å²) in [6, 6.07) is 0. The number of aromatic nitrogens is 1. The third kappa shape index (κ3) is 1.95. The van der Waals surface area contributed by atoms with Gasteiger partial charge in [-0.25, -0.2) is 4.98 Å². The second kappa shape index (κ2) is 4.41. The molecule has 1 nitrogen and oxygen atoms in total. The molecule has 0 spiro atoms. The Kier molecular flexibility index (Phi) is 3.48. The molecule has 0 radical (unpaired) electrons. The maximum atomic E-state index is 4.38. The van der Waals surface area contributed by atoms with Crippen molar-refractivity contribution in [3.63, 3.8) is 0 Å². The predicted octanol–water partition coefficient (Wildman–Crippen LogP) is 1.83. The van der Waals surface area contributed by atoms with Gasteiger partial charge >= 0.3 is 0 Å². The summed E-state index contributed by atoms with van der Waals surface area (Å²) in [5.41, 5.74) is 0. The molecular weight excluding hydrogens is 166 g/mol. The van der Waals surface area contributed by atoms with Gasteiger partial charge in [0, 0.05) is 0 Å². The summed E-state index contributed by atoms with van der Waals surface area (Å²) in [5.74, 6) is 0. The first-order valence-corrected chi connectivity index (χ1v) is 5.32. The zero-order valence-electron chi connectivity index (χ0n) is 7.92. The fourth-order valence-corrected chi connectivity index (χ4v) is 2.08. The summed E-state index contributed by atoms with van der Waals surface area (Å²) in [6.45, 7) is 6.06. The Labute approximate surface area is 77.5 Å². The van der Waals surface area contributed by atoms with E-state index in [1.54, 1.807) is 11.3 Å². The minimum absolute atomic E-state index is 1.16. The molecule has 0 aliphatic heterocycles. The molecular formula is C10H15NS. The van der Waals surface area contributed by atoms with Crippen LogP contribution >= 0.6 is 11.3 Å². The van der Waals surface area contributed by atoms with Crippen LogP contribution in [0.5, 0.6) is 0 Å². The Bertz CT molecular complexity index is 315. The molecule has 0 aromatic carbocycles. The molecule has 1 aliphatic rings. The van der Waals surface area contributed by atoms with Crippen LogP contribution < -0.4 is 9.88 Å². The van der Waals surface area contributed by atoms with Gasteiger partial charge in [-0.05, 0) is 19.8 Å². The van der Waals surface area contributed by atoms with E-state index in [0.717, 1.165) is 6.42 Å². The van der Waals surface area contributed by atoms with Crippen molar-refractivity contribution in [2.24, 2.45) is 0 Å². The van der Waals surface area contributed by atoms with Crippen molar-refractivity contribution < 1.29 is 0 Å². The second-order valence-corrected chi connectivity index (χ2v) is 3.70. The topological polar surface area (TPSA) is 12.9 Å². The molecule has 2 heteroatoms. The van der Waals surface area contributed by atoms with Crippen LogP contribution in [0, 0.1) is 6.92 Å². The van der Waals surface area contributed by atoms with E-state index in [9.17, 15) is 0 Å². The zero-order valence-corrected chi connectivity index (χ0v) is 8.74. The van der Waals surface area contributed by atoms with Crippen molar-refractivity contribution in [1.82, 2.24) is 4.98 Å². The molecule has 1 aliphatic carbocycles. The summed E-state index contributed by atoms with van der Waals surface area (Å²) >= 11 is 1.79. The molecule has 0 saturated carbocycles. The van der Waals surface area contributed by atoms with Gasteiger partial charge in [0.05, 0.1) is 14.9 Å². The summed E-state index contributed by atoms with van der Waals surface area (Å²) in [7, 11) is 0. The van der Waals surface area contributed by atoms with Crippen molar-refractivity contribution in [2.45, 2.75) is 33.6 Å². The monoisotopic (exact) mass is 181 g/mol. The highest BCUT2D eigenvalue weighted by molar-refractivity contribution is 7.09. The van der Waals surface area contributed by atoms with Gasteiger partial charge in [-0.15, -0.1) is 11.3 Å². The largest absolute Gasteiger partial charge is 0.242 e. The lowest BCUT2D eigenvalue weighted by atomic mass is 10.2. The van der Waals surface area contributed by atoms with Crippen LogP contribution in [0.4, 0.5) is 0 Å². The Morgan fingerprint density at radius 1 is 1.25 bits per heavy atom. The van der Waals surface area contributed by atoms with E-state index < -0.39 is 0 Å². The third-order valence-electron chi connectivity index (χ3n) is 1.62. The number of hydrogen-bond donors (Lipinski definition) is 0. The summed E-state index contributed by atoms with van der Waals surface area (Å²) in [4.78, 5) is 4.38. The zero-order chi connectivity index (χ0) is 8.97. The van der Waals surface area contributed by atoms with Gasteiger partial charge in [0.2, 0.25) is 0 Å². The van der Waals surface area contributed by atoms with Crippen molar-refractivity contribution in [3.8, 4) is 0 Å². The first-order valence-electron chi connectivity index (χ1n) is 4.50. The molecule has 0 amide bonds. The number of nitrogens with zero attached hydrogens (tertiary/aromatic N) is 1. The van der Waals surface area contributed by atoms with Crippen molar-refractivity contribution in [3.05, 3.63) is 14.9 Å². The summed E-state index contributed by atoms with van der Waals surface area (Å²) < 4.78 is 1.36. The molecule has 0 saturated heterocycles. The highest BCUT2D eigenvalue weighted by Gasteiger charge is 1.96. The van der Waals surface area contributed by atoms with Crippen molar-refractivity contribution in [1.29, 1.82) is 0 Å². The molecule has 12 heavy (non-hydrogen) atoms. The number of rotatable bonds is 0. The molecule has 66 valence electrons. The highest BCUT2D eigenvalue weighted by atomic mass is 32.1. The normalized spacial score (nSPS) is 13.2. The van der Waals surface area contributed by atoms with Gasteiger partial charge < -0.3 is 0 Å². The van der Waals surface area contributed by atoms with Crippen molar-refractivity contribution >= 4 is 23.5 Å². The average Bonchev–Trinajstić information content (AvgIpc) is 2.48. The van der Waals surface area contributed by atoms with Crippen molar-refractivity contribution in [2.75, 3.05) is 0 Å². The molecule has 1 aromatic rings. The molecule has 2 rings (SSSR count). The van der Waals surface area contributed by atoms with Crippen LogP contribution in [0.25, 0.3) is 12.2 Å². The molecule has 0 unspecified atom stereocenters. The smallest absolute Gasteiger partial charge is 0.0907 e. The summed E-state index contributed by atoms with van der Waals surface area (Å²) in [5, 5.41) is 2.38. The molecule has 0 atom stereocenters. The van der Waals surface area contributed by atoms with Gasteiger partial charge in [0.25, 0.3) is 0 Å². The van der Waals surface area contributed by atoms with E-state index in [-0.39, 0.29) is 0 Å². The lowest BCUT2D eigenvalue weighted by Gasteiger charge is -1.89. The van der Waals surface area contributed by atoms with Gasteiger partial charge in [-0.3, -0.25) is 0 Å². The SMILES string of the molecule is CC.Cc1nc2c(s1)=CCCC=2. The third-order valence-corrected chi connectivity index (χ3v) is 2.60. The number of fused-ring (bicyclic) bond motifs is 1. The van der Waals surface area contributed by atoms with Gasteiger partial charge in [-0.1, -0.05) is 26.0 Å². The standard InChI is InChI=1S/C8H9NS.C2H6/c1-6-9-7-4-2-3-5-8(7)10-6;1-2/h4-5H,2-3H2,1H3;1-2H3. The van der Waals surface area contributed by atoms with E-state index in [4.69, 9.17) is 0 Å². The maximum Gasteiger partial charge on any atom is 0.0907 e. The van der Waals surface area contributed by atoms with Crippen LogP contribution in [0.2, 0.25) is 0 Å². The van der Waals surface area contributed by atoms with Gasteiger partial charge in [0.1, 0.15) is 0 Å². The van der Waals surface area contributed by atoms with E-state index in [1.165, 1.54) is 21.3 Å². The highest BCUT2D eigenvalue weighted by Crippen LogP contribution is 1.98. The van der Waals surface area contributed by atoms with E-state index in [0.29, 0.717) is 0 Å². The number of thiazole rings is 1. The molecule has 1 heterocycles. The Balaban J connectivity index is 0.000000336. The molecule has 1 aromatic heterocycles. The predicted molar refractivity (Wildman–Crippen MR) is 55.6 cm³/mol. The fraction of sp³-hybridized carbons (Fsp3) is 0.500. The van der Waals surface area contributed by atoms with E-state index in [1.807, 2.05) is 13.8 Å². The van der Waals surface area contributed by atoms with Crippen LogP contribution in [0.1, 0.15) is 31.7 Å². The number of hydrogen-bond acceptors (Lipinski definition) is 2. The Hall–Kier alpha value is -0.630. The Morgan fingerprint density at radius 2 is 1.92 bits per heavy atom. The lowest BCUT2D eigenvalue weighted by molar-refractivity contribution is 1.10. The molecule has 0 fully saturated rings. The first kappa shape index (κ1) is 9.46. The minimum Gasteiger partial charge on any atom is -0.242 e. The molecule has 0 bridgehead atoms. The second-order valence-electron chi connectivity index (χ2n) is 2.47. The minimum atomic E-state index is 1.16. The number of aryl methyl sites for hydroxylation is 1. The van der Waals surface area contributed by atoms with Crippen LogP contribution in [0.15, 0.2) is 0 Å². The quantitative estimate of drug-likeness (QED) is 0.595. The lowest BCUT2D eigenvalue weighted by Crippen LogP contribution is -2.22. The van der Waals surface area contributed by atoms with E-state index >= 15 is 0 Å². The van der Waals surface area contributed by atoms with Gasteiger partial charge in [-0.2, -0.15) is 0 Å². The molecule has 0 N–H and O–H groups in total. The first-order chi connectivity index (χ1) is 5.86. The van der Waals surface area contributed by atoms with Gasteiger partial charge in [0.15, 0.2) is 0 Å². The van der Waals surface area contributed by atoms with E-state index in [2.05, 4.69) is 24.1 Å². The Morgan fingerprint density at radius 3 is 2.58 bits per heavy atom. The van der Waals surface area contributed by atoms with Crippen LogP contribution in [-0.4, -0.2) is 4.98 Å².